The van der Waals surface area contributed by atoms with Crippen LogP contribution in [-0.4, -0.2) is 30.1 Å². The van der Waals surface area contributed by atoms with Crippen LogP contribution in [0, 0.1) is 12.8 Å². The van der Waals surface area contributed by atoms with Crippen LogP contribution in [0.5, 0.6) is 0 Å². The van der Waals surface area contributed by atoms with Crippen LogP contribution in [-0.2, 0) is 15.8 Å². The molecule has 0 aliphatic rings. The lowest BCUT2D eigenvalue weighted by molar-refractivity contribution is -0.123. The summed E-state index contributed by atoms with van der Waals surface area (Å²) in [4.78, 5) is 21.6. The third kappa shape index (κ3) is 11.7. The Morgan fingerprint density at radius 3 is 2.00 bits per heavy atom. The highest BCUT2D eigenvalue weighted by Gasteiger charge is 2.24. The molecule has 28 heavy (non-hydrogen) atoms. The van der Waals surface area contributed by atoms with Crippen LogP contribution in [0.25, 0.3) is 0 Å². The van der Waals surface area contributed by atoms with E-state index >= 15 is 0 Å². The van der Waals surface area contributed by atoms with Crippen molar-refractivity contribution in [1.82, 2.24) is 10.4 Å². The molecule has 0 saturated heterocycles. The first-order valence-electron chi connectivity index (χ1n) is 9.58. The summed E-state index contributed by atoms with van der Waals surface area (Å²) in [6.07, 6.45) is 1.26. The third-order valence-electron chi connectivity index (χ3n) is 3.92. The van der Waals surface area contributed by atoms with Gasteiger partial charge in [0, 0.05) is 13.2 Å². The number of nitrogens with one attached hydrogen (secondary N) is 2. The molecule has 0 aromatic heterocycles. The zero-order valence-corrected chi connectivity index (χ0v) is 18.2. The highest BCUT2D eigenvalue weighted by molar-refractivity contribution is 7.55. The summed E-state index contributed by atoms with van der Waals surface area (Å²) in [5.41, 5.74) is 2.47. The Morgan fingerprint density at radius 1 is 1.04 bits per heavy atom. The summed E-state index contributed by atoms with van der Waals surface area (Å²) < 4.78 is 11.5. The summed E-state index contributed by atoms with van der Waals surface area (Å²) >= 11 is 0. The van der Waals surface area contributed by atoms with E-state index in [0.29, 0.717) is 13.0 Å². The van der Waals surface area contributed by atoms with Crippen molar-refractivity contribution in [2.24, 2.45) is 5.92 Å². The maximum absolute atomic E-state index is 12.1. The molecular formula is C22H33N2O3P. The minimum Gasteiger partial charge on any atom is -0.354 e. The Morgan fingerprint density at radius 2 is 1.57 bits per heavy atom. The number of carbonyl (C=O) groups is 1. The van der Waals surface area contributed by atoms with Gasteiger partial charge in [-0.3, -0.25) is 9.36 Å². The van der Waals surface area contributed by atoms with Gasteiger partial charge < -0.3 is 10.2 Å². The van der Waals surface area contributed by atoms with Gasteiger partial charge in [-0.05, 0) is 31.2 Å². The third-order valence-corrected chi connectivity index (χ3v) is 4.71. The summed E-state index contributed by atoms with van der Waals surface area (Å²) in [6, 6.07) is 19.5. The maximum atomic E-state index is 12.1. The lowest BCUT2D eigenvalue weighted by Crippen LogP contribution is -2.44. The number of aryl methyl sites for hydroxylation is 1. The molecule has 0 saturated carbocycles. The summed E-state index contributed by atoms with van der Waals surface area (Å²) in [5.74, 6) is 0.0321. The highest BCUT2D eigenvalue weighted by atomic mass is 31.2. The highest BCUT2D eigenvalue weighted by Crippen LogP contribution is 2.31. The number of rotatable bonds is 8. The summed E-state index contributed by atoms with van der Waals surface area (Å²) in [7, 11) is -3.43. The second kappa shape index (κ2) is 12.5. The molecular weight excluding hydrogens is 371 g/mol. The van der Waals surface area contributed by atoms with Crippen LogP contribution in [0.4, 0.5) is 0 Å². The number of carbonyl (C=O) groups excluding carboxylic acids is 1. The minimum atomic E-state index is -3.43. The van der Waals surface area contributed by atoms with Gasteiger partial charge in [0.05, 0.1) is 6.04 Å². The molecule has 2 atom stereocenters. The molecule has 2 aromatic carbocycles. The topological polar surface area (TPSA) is 78.4 Å². The molecule has 1 unspecified atom stereocenters. The van der Waals surface area contributed by atoms with Crippen LogP contribution < -0.4 is 10.4 Å². The monoisotopic (exact) mass is 404 g/mol. The van der Waals surface area contributed by atoms with Gasteiger partial charge in [-0.1, -0.05) is 80.1 Å². The molecule has 0 fully saturated rings. The van der Waals surface area contributed by atoms with E-state index in [-0.39, 0.29) is 11.8 Å². The molecule has 0 bridgehead atoms. The zero-order valence-electron chi connectivity index (χ0n) is 17.3. The molecule has 154 valence electrons. The van der Waals surface area contributed by atoms with E-state index in [1.54, 1.807) is 0 Å². The first-order valence-corrected chi connectivity index (χ1v) is 11.7. The number of benzene rings is 2. The number of amides is 1. The Labute approximate surface area is 169 Å². The molecule has 5 nitrogen and oxygen atoms in total. The second-order valence-corrected chi connectivity index (χ2v) is 9.39. The fourth-order valence-corrected chi connectivity index (χ4v) is 3.41. The molecule has 2 rings (SSSR count). The molecule has 0 aliphatic carbocycles. The SMILES string of the molecule is CC(C)C[C@H](NP(C)(=O)O)C(=O)NCCc1ccccc1.Cc1ccccc1. The quantitative estimate of drug-likeness (QED) is 0.578. The molecule has 0 heterocycles. The number of hydrogen-bond donors (Lipinski definition) is 3. The van der Waals surface area contributed by atoms with Gasteiger partial charge in [-0.2, -0.15) is 0 Å². The average Bonchev–Trinajstić information content (AvgIpc) is 2.61. The van der Waals surface area contributed by atoms with Crippen molar-refractivity contribution >= 4 is 13.4 Å². The Hall–Kier alpha value is -1.94. The standard InChI is InChI=1S/C15H25N2O3P.C7H8/c1-12(2)11-14(17-21(3,19)20)15(18)16-10-9-13-7-5-4-6-8-13;1-7-5-3-2-4-6-7/h4-8,12,14H,9-11H2,1-3H3,(H,16,18)(H2,17,19,20);2-6H,1H3/t14-;/m0./s1. The van der Waals surface area contributed by atoms with Gasteiger partial charge in [0.15, 0.2) is 0 Å². The van der Waals surface area contributed by atoms with Crippen molar-refractivity contribution in [2.75, 3.05) is 13.2 Å². The van der Waals surface area contributed by atoms with Crippen LogP contribution in [0.15, 0.2) is 60.7 Å². The Bertz CT molecular complexity index is 730. The molecule has 0 spiro atoms. The van der Waals surface area contributed by atoms with E-state index < -0.39 is 13.6 Å². The van der Waals surface area contributed by atoms with E-state index in [4.69, 9.17) is 0 Å². The van der Waals surface area contributed by atoms with E-state index in [2.05, 4.69) is 29.5 Å². The normalized spacial score (nSPS) is 13.8. The molecule has 1 amide bonds. The van der Waals surface area contributed by atoms with E-state index in [1.165, 1.54) is 12.2 Å². The van der Waals surface area contributed by atoms with Gasteiger partial charge in [0.2, 0.25) is 5.91 Å². The fourth-order valence-electron chi connectivity index (χ4n) is 2.61. The van der Waals surface area contributed by atoms with Gasteiger partial charge in [0.25, 0.3) is 7.52 Å². The lowest BCUT2D eigenvalue weighted by atomic mass is 10.0. The van der Waals surface area contributed by atoms with Gasteiger partial charge >= 0.3 is 0 Å². The average molecular weight is 404 g/mol. The van der Waals surface area contributed by atoms with Crippen LogP contribution in [0.1, 0.15) is 31.4 Å². The second-order valence-electron chi connectivity index (χ2n) is 7.37. The van der Waals surface area contributed by atoms with Crippen molar-refractivity contribution in [3.05, 3.63) is 71.8 Å². The molecule has 6 heteroatoms. The largest absolute Gasteiger partial charge is 0.354 e. The van der Waals surface area contributed by atoms with Crippen molar-refractivity contribution in [3.63, 3.8) is 0 Å². The summed E-state index contributed by atoms with van der Waals surface area (Å²) in [6.45, 7) is 7.75. The molecule has 0 aliphatic heterocycles. The van der Waals surface area contributed by atoms with E-state index in [9.17, 15) is 14.3 Å². The van der Waals surface area contributed by atoms with Gasteiger partial charge in [-0.15, -0.1) is 0 Å². The van der Waals surface area contributed by atoms with Crippen molar-refractivity contribution in [1.29, 1.82) is 0 Å². The lowest BCUT2D eigenvalue weighted by Gasteiger charge is -2.21. The van der Waals surface area contributed by atoms with Crippen LogP contribution in [0.3, 0.4) is 0 Å². The zero-order chi connectivity index (χ0) is 21.0. The number of hydrogen-bond acceptors (Lipinski definition) is 2. The predicted octanol–water partition coefficient (Wildman–Crippen LogP) is 4.16. The van der Waals surface area contributed by atoms with Crippen molar-refractivity contribution in [3.8, 4) is 0 Å². The van der Waals surface area contributed by atoms with Crippen molar-refractivity contribution in [2.45, 2.75) is 39.7 Å². The smallest absolute Gasteiger partial charge is 0.264 e. The minimum absolute atomic E-state index is 0.226. The van der Waals surface area contributed by atoms with Crippen molar-refractivity contribution < 1.29 is 14.3 Å². The van der Waals surface area contributed by atoms with Crippen LogP contribution >= 0.6 is 7.52 Å². The predicted molar refractivity (Wildman–Crippen MR) is 116 cm³/mol. The Kier molecular flexibility index (Phi) is 10.8. The van der Waals surface area contributed by atoms with E-state index in [1.807, 2.05) is 62.4 Å². The van der Waals surface area contributed by atoms with E-state index in [0.717, 1.165) is 12.0 Å². The van der Waals surface area contributed by atoms with Gasteiger partial charge in [0.1, 0.15) is 0 Å². The summed E-state index contributed by atoms with van der Waals surface area (Å²) in [5, 5.41) is 5.36. The maximum Gasteiger partial charge on any atom is 0.264 e. The molecule has 0 radical (unpaired) electrons. The van der Waals surface area contributed by atoms with Crippen LogP contribution in [0.2, 0.25) is 0 Å². The van der Waals surface area contributed by atoms with Gasteiger partial charge in [-0.25, -0.2) is 5.09 Å². The fraction of sp³-hybridized carbons (Fsp3) is 0.409. The first kappa shape index (κ1) is 24.1. The molecule has 3 N–H and O–H groups in total. The first-order chi connectivity index (χ1) is 13.2. The molecule has 2 aromatic rings. The Balaban J connectivity index is 0.000000467.